The Labute approximate surface area is 89.1 Å². The summed E-state index contributed by atoms with van der Waals surface area (Å²) in [4.78, 5) is 0. The van der Waals surface area contributed by atoms with Crippen LogP contribution in [0, 0.1) is 35.6 Å². The SMILES string of the molecule is SCc1ccccc1.[La]. The van der Waals surface area contributed by atoms with Crippen molar-refractivity contribution in [2.75, 3.05) is 0 Å². The normalized spacial score (nSPS) is 8.11. The Morgan fingerprint density at radius 3 is 2.00 bits per heavy atom. The molecule has 0 fully saturated rings. The van der Waals surface area contributed by atoms with E-state index in [0.717, 1.165) is 5.75 Å². The Morgan fingerprint density at radius 1 is 1.11 bits per heavy atom. The average Bonchev–Trinajstić information content (AvgIpc) is 1.90. The van der Waals surface area contributed by atoms with Crippen LogP contribution in [0.1, 0.15) is 5.56 Å². The van der Waals surface area contributed by atoms with Crippen LogP contribution in [0.5, 0.6) is 0 Å². The van der Waals surface area contributed by atoms with Gasteiger partial charge in [0.25, 0.3) is 0 Å². The zero-order valence-electron chi connectivity index (χ0n) is 5.12. The predicted molar refractivity (Wildman–Crippen MR) is 39.1 cm³/mol. The first-order valence-electron chi connectivity index (χ1n) is 2.58. The predicted octanol–water partition coefficient (Wildman–Crippen LogP) is 2.12. The minimum atomic E-state index is 0. The summed E-state index contributed by atoms with van der Waals surface area (Å²) in [6, 6.07) is 10.2. The zero-order valence-corrected chi connectivity index (χ0v) is 9.64. The molecule has 1 rings (SSSR count). The molecule has 0 aliphatic heterocycles. The topological polar surface area (TPSA) is 0 Å². The van der Waals surface area contributed by atoms with E-state index in [0.29, 0.717) is 0 Å². The van der Waals surface area contributed by atoms with Crippen molar-refractivity contribution < 1.29 is 35.6 Å². The van der Waals surface area contributed by atoms with E-state index in [4.69, 9.17) is 0 Å². The molecular formula is C7H8LaS. The molecule has 0 unspecified atom stereocenters. The van der Waals surface area contributed by atoms with Crippen molar-refractivity contribution in [1.29, 1.82) is 0 Å². The number of hydrogen-bond donors (Lipinski definition) is 1. The van der Waals surface area contributed by atoms with E-state index >= 15 is 0 Å². The van der Waals surface area contributed by atoms with Crippen LogP contribution < -0.4 is 0 Å². The monoisotopic (exact) mass is 263 g/mol. The van der Waals surface area contributed by atoms with Crippen molar-refractivity contribution >= 4 is 12.6 Å². The second kappa shape index (κ2) is 5.54. The van der Waals surface area contributed by atoms with Gasteiger partial charge >= 0.3 is 0 Å². The molecule has 0 amide bonds. The van der Waals surface area contributed by atoms with E-state index in [1.54, 1.807) is 0 Å². The molecule has 0 bridgehead atoms. The van der Waals surface area contributed by atoms with Gasteiger partial charge in [0.1, 0.15) is 0 Å². The van der Waals surface area contributed by atoms with E-state index in [-0.39, 0.29) is 35.6 Å². The fourth-order valence-electron chi connectivity index (χ4n) is 0.583. The minimum absolute atomic E-state index is 0. The third kappa shape index (κ3) is 3.46. The van der Waals surface area contributed by atoms with Crippen molar-refractivity contribution in [2.45, 2.75) is 5.75 Å². The van der Waals surface area contributed by atoms with E-state index in [2.05, 4.69) is 24.8 Å². The summed E-state index contributed by atoms with van der Waals surface area (Å²) >= 11 is 4.11. The molecule has 0 nitrogen and oxygen atoms in total. The van der Waals surface area contributed by atoms with Gasteiger partial charge in [-0.15, -0.1) is 0 Å². The molecule has 0 aromatic heterocycles. The molecular weight excluding hydrogens is 255 g/mol. The fourth-order valence-corrected chi connectivity index (χ4v) is 0.794. The van der Waals surface area contributed by atoms with Crippen LogP contribution in [-0.4, -0.2) is 0 Å². The van der Waals surface area contributed by atoms with Crippen LogP contribution in [0.15, 0.2) is 30.3 Å². The van der Waals surface area contributed by atoms with E-state index < -0.39 is 0 Å². The van der Waals surface area contributed by atoms with E-state index in [1.807, 2.05) is 18.2 Å². The first-order valence-corrected chi connectivity index (χ1v) is 3.21. The third-order valence-electron chi connectivity index (χ3n) is 1.03. The largest absolute Gasteiger partial charge is 0.175 e. The van der Waals surface area contributed by atoms with Gasteiger partial charge in [0.2, 0.25) is 0 Å². The van der Waals surface area contributed by atoms with Crippen molar-refractivity contribution in [3.8, 4) is 0 Å². The first kappa shape index (κ1) is 9.76. The molecule has 9 heavy (non-hydrogen) atoms. The summed E-state index contributed by atoms with van der Waals surface area (Å²) in [5, 5.41) is 0. The standard InChI is InChI=1S/C7H8S.La/c8-6-7-4-2-1-3-5-7;/h1-5,8H,6H2;. The summed E-state index contributed by atoms with van der Waals surface area (Å²) in [6.07, 6.45) is 0. The quantitative estimate of drug-likeness (QED) is 0.737. The molecule has 1 aromatic rings. The molecule has 0 N–H and O–H groups in total. The van der Waals surface area contributed by atoms with Gasteiger partial charge in [-0.3, -0.25) is 0 Å². The molecule has 45 valence electrons. The van der Waals surface area contributed by atoms with Crippen LogP contribution >= 0.6 is 12.6 Å². The summed E-state index contributed by atoms with van der Waals surface area (Å²) in [7, 11) is 0. The maximum Gasteiger partial charge on any atom is 0.0154 e. The van der Waals surface area contributed by atoms with E-state index in [1.165, 1.54) is 5.56 Å². The number of rotatable bonds is 1. The smallest absolute Gasteiger partial charge is 0.0154 e. The molecule has 0 saturated heterocycles. The second-order valence-corrected chi connectivity index (χ2v) is 1.96. The second-order valence-electron chi connectivity index (χ2n) is 1.64. The number of hydrogen-bond acceptors (Lipinski definition) is 1. The summed E-state index contributed by atoms with van der Waals surface area (Å²) in [6.45, 7) is 0. The number of thiol groups is 1. The number of benzene rings is 1. The molecule has 0 heterocycles. The first-order chi connectivity index (χ1) is 3.93. The molecule has 0 aliphatic carbocycles. The van der Waals surface area contributed by atoms with Crippen molar-refractivity contribution in [2.24, 2.45) is 0 Å². The Hall–Kier alpha value is 0.765. The van der Waals surface area contributed by atoms with Gasteiger partial charge in [0.05, 0.1) is 0 Å². The maximum atomic E-state index is 4.11. The van der Waals surface area contributed by atoms with Gasteiger partial charge < -0.3 is 0 Å². The Kier molecular flexibility index (Phi) is 6.01. The van der Waals surface area contributed by atoms with Gasteiger partial charge in [-0.25, -0.2) is 0 Å². The Bertz CT molecular complexity index is 150. The molecule has 0 saturated carbocycles. The Morgan fingerprint density at radius 2 is 1.67 bits per heavy atom. The zero-order chi connectivity index (χ0) is 5.82. The summed E-state index contributed by atoms with van der Waals surface area (Å²) < 4.78 is 0. The van der Waals surface area contributed by atoms with Crippen LogP contribution in [-0.2, 0) is 5.75 Å². The summed E-state index contributed by atoms with van der Waals surface area (Å²) in [5.41, 5.74) is 1.27. The minimum Gasteiger partial charge on any atom is -0.175 e. The fraction of sp³-hybridized carbons (Fsp3) is 0.143. The van der Waals surface area contributed by atoms with Crippen LogP contribution in [0.3, 0.4) is 0 Å². The van der Waals surface area contributed by atoms with Crippen molar-refractivity contribution in [3.63, 3.8) is 0 Å². The molecule has 1 aromatic carbocycles. The maximum absolute atomic E-state index is 4.11. The van der Waals surface area contributed by atoms with Gasteiger partial charge in [0, 0.05) is 41.4 Å². The Balaban J connectivity index is 0.000000640. The third-order valence-corrected chi connectivity index (χ3v) is 1.39. The van der Waals surface area contributed by atoms with Crippen LogP contribution in [0.2, 0.25) is 0 Å². The van der Waals surface area contributed by atoms with Gasteiger partial charge in [0.15, 0.2) is 0 Å². The van der Waals surface area contributed by atoms with Crippen LogP contribution in [0.4, 0.5) is 0 Å². The summed E-state index contributed by atoms with van der Waals surface area (Å²) in [5.74, 6) is 0.834. The molecule has 0 atom stereocenters. The van der Waals surface area contributed by atoms with Crippen molar-refractivity contribution in [1.82, 2.24) is 0 Å². The van der Waals surface area contributed by atoms with Gasteiger partial charge in [-0.05, 0) is 5.56 Å². The van der Waals surface area contributed by atoms with Crippen molar-refractivity contribution in [3.05, 3.63) is 35.9 Å². The van der Waals surface area contributed by atoms with Gasteiger partial charge in [-0.2, -0.15) is 12.6 Å². The average molecular weight is 263 g/mol. The van der Waals surface area contributed by atoms with Gasteiger partial charge in [-0.1, -0.05) is 30.3 Å². The molecule has 0 spiro atoms. The van der Waals surface area contributed by atoms with E-state index in [9.17, 15) is 0 Å². The molecule has 1 radical (unpaired) electrons. The molecule has 2 heteroatoms. The molecule has 0 aliphatic rings. The van der Waals surface area contributed by atoms with Crippen LogP contribution in [0.25, 0.3) is 0 Å².